The van der Waals surface area contributed by atoms with Gasteiger partial charge in [0.05, 0.1) is 6.54 Å². The summed E-state index contributed by atoms with van der Waals surface area (Å²) in [6, 6.07) is -0.792. The summed E-state index contributed by atoms with van der Waals surface area (Å²) >= 11 is 0. The van der Waals surface area contributed by atoms with Crippen molar-refractivity contribution in [3.05, 3.63) is 10.4 Å². The van der Waals surface area contributed by atoms with E-state index < -0.39 is 12.0 Å². The number of azide groups is 1. The average molecular weight is 187 g/mol. The summed E-state index contributed by atoms with van der Waals surface area (Å²) in [7, 11) is 0. The van der Waals surface area contributed by atoms with Crippen LogP contribution in [0.4, 0.5) is 0 Å². The van der Waals surface area contributed by atoms with E-state index in [9.17, 15) is 4.79 Å². The molecule has 0 saturated heterocycles. The van der Waals surface area contributed by atoms with Crippen molar-refractivity contribution < 1.29 is 9.90 Å². The van der Waals surface area contributed by atoms with E-state index in [1.54, 1.807) is 0 Å². The van der Waals surface area contributed by atoms with Crippen molar-refractivity contribution in [1.82, 2.24) is 5.43 Å². The Bertz CT molecular complexity index is 201. The van der Waals surface area contributed by atoms with Crippen LogP contribution < -0.4 is 11.2 Å². The molecule has 0 rings (SSSR count). The van der Waals surface area contributed by atoms with Gasteiger partial charge in [-0.2, -0.15) is 4.91 Å². The van der Waals surface area contributed by atoms with Gasteiger partial charge in [-0.1, -0.05) is 0 Å². The highest BCUT2D eigenvalue weighted by atomic mass is 16.4. The third-order valence-corrected chi connectivity index (χ3v) is 1.49. The molecule has 1 atom stereocenters. The molecule has 0 aliphatic rings. The average Bonchev–Trinajstić information content (AvgIpc) is 2.10. The molecule has 0 aliphatic heterocycles. The second kappa shape index (κ2) is 7.20. The van der Waals surface area contributed by atoms with Gasteiger partial charge >= 0.3 is 5.97 Å². The van der Waals surface area contributed by atoms with E-state index in [2.05, 4.69) is 15.6 Å². The molecule has 0 spiro atoms. The van der Waals surface area contributed by atoms with Crippen LogP contribution in [0.5, 0.6) is 0 Å². The lowest BCUT2D eigenvalue weighted by Crippen LogP contribution is -2.29. The van der Waals surface area contributed by atoms with Crippen LogP contribution in [-0.2, 0) is 4.79 Å². The number of carbonyl (C=O) groups is 1. The van der Waals surface area contributed by atoms with Gasteiger partial charge in [-0.3, -0.25) is 10.2 Å². The van der Waals surface area contributed by atoms with Crippen LogP contribution in [0, 0.1) is 0 Å². The predicted molar refractivity (Wildman–Crippen MR) is 46.6 cm³/mol. The molecule has 0 amide bonds. The third kappa shape index (κ3) is 6.92. The minimum absolute atomic E-state index is 0.438. The first-order valence-electron chi connectivity index (χ1n) is 3.94. The van der Waals surface area contributed by atoms with Crippen molar-refractivity contribution in [2.45, 2.75) is 25.3 Å². The van der Waals surface area contributed by atoms with Crippen LogP contribution in [0.15, 0.2) is 5.22 Å². The van der Waals surface area contributed by atoms with Gasteiger partial charge in [-0.25, -0.2) is 0 Å². The molecule has 0 aromatic heterocycles. The zero-order valence-corrected chi connectivity index (χ0v) is 7.18. The van der Waals surface area contributed by atoms with Crippen LogP contribution in [0.2, 0.25) is 0 Å². The first-order chi connectivity index (χ1) is 6.18. The standard InChI is InChI=1S/C6H13N5O2/c7-5(6(12)13)3-1-2-4-9-11-10-8/h5,9H,1-4,7H2,(H,12,13). The minimum atomic E-state index is -0.983. The molecule has 7 heteroatoms. The van der Waals surface area contributed by atoms with Crippen molar-refractivity contribution in [1.29, 1.82) is 0 Å². The second-order valence-electron chi connectivity index (χ2n) is 2.54. The fraction of sp³-hybridized carbons (Fsp3) is 0.833. The monoisotopic (exact) mass is 187 g/mol. The van der Waals surface area contributed by atoms with Gasteiger partial charge in [0.25, 0.3) is 0 Å². The summed E-state index contributed by atoms with van der Waals surface area (Å²) < 4.78 is 0. The molecule has 13 heavy (non-hydrogen) atoms. The van der Waals surface area contributed by atoms with E-state index in [1.807, 2.05) is 0 Å². The van der Waals surface area contributed by atoms with Crippen LogP contribution in [-0.4, -0.2) is 23.7 Å². The molecule has 1 unspecified atom stereocenters. The Hall–Kier alpha value is -1.46. The summed E-state index contributed by atoms with van der Waals surface area (Å²) in [5.74, 6) is -0.983. The predicted octanol–water partition coefficient (Wildman–Crippen LogP) is 0.384. The molecular weight excluding hydrogens is 174 g/mol. The number of carboxylic acid groups (broad SMARTS) is 1. The van der Waals surface area contributed by atoms with E-state index >= 15 is 0 Å². The topological polar surface area (TPSA) is 124 Å². The Morgan fingerprint density at radius 3 is 2.92 bits per heavy atom. The van der Waals surface area contributed by atoms with E-state index in [0.29, 0.717) is 19.4 Å². The number of hydrogen-bond acceptors (Lipinski definition) is 3. The Morgan fingerprint density at radius 2 is 2.38 bits per heavy atom. The van der Waals surface area contributed by atoms with Gasteiger partial charge in [0.2, 0.25) is 0 Å². The highest BCUT2D eigenvalue weighted by molar-refractivity contribution is 5.72. The highest BCUT2D eigenvalue weighted by Crippen LogP contribution is 1.97. The Balaban J connectivity index is 3.25. The maximum absolute atomic E-state index is 10.3. The molecule has 0 bridgehead atoms. The minimum Gasteiger partial charge on any atom is -0.480 e. The second-order valence-corrected chi connectivity index (χ2v) is 2.54. The first-order valence-corrected chi connectivity index (χ1v) is 3.94. The molecular formula is C6H13N5O2. The summed E-state index contributed by atoms with van der Waals surface area (Å²) in [6.45, 7) is 0.538. The normalized spacial score (nSPS) is 11.5. The first kappa shape index (κ1) is 11.5. The van der Waals surface area contributed by atoms with Crippen LogP contribution >= 0.6 is 0 Å². The molecule has 4 N–H and O–H groups in total. The van der Waals surface area contributed by atoms with Crippen molar-refractivity contribution in [3.63, 3.8) is 0 Å². The van der Waals surface area contributed by atoms with Crippen molar-refractivity contribution >= 4 is 5.97 Å². The maximum Gasteiger partial charge on any atom is 0.320 e. The van der Waals surface area contributed by atoms with Gasteiger partial charge in [-0.05, 0) is 24.5 Å². The number of carboxylic acids is 1. The number of rotatable bonds is 7. The van der Waals surface area contributed by atoms with E-state index in [-0.39, 0.29) is 0 Å². The highest BCUT2D eigenvalue weighted by Gasteiger charge is 2.09. The van der Waals surface area contributed by atoms with Gasteiger partial charge in [0.15, 0.2) is 0 Å². The number of nitrogens with two attached hydrogens (primary N) is 1. The maximum atomic E-state index is 10.3. The molecule has 0 radical (unpaired) electrons. The lowest BCUT2D eigenvalue weighted by molar-refractivity contribution is -0.138. The van der Waals surface area contributed by atoms with Crippen LogP contribution in [0.1, 0.15) is 19.3 Å². The van der Waals surface area contributed by atoms with Gasteiger partial charge in [0.1, 0.15) is 6.04 Å². The fourth-order valence-electron chi connectivity index (χ4n) is 0.773. The third-order valence-electron chi connectivity index (χ3n) is 1.49. The molecule has 0 heterocycles. The molecule has 0 aromatic rings. The quantitative estimate of drug-likeness (QED) is 0.175. The number of aliphatic carboxylic acids is 1. The van der Waals surface area contributed by atoms with E-state index in [1.165, 1.54) is 0 Å². The summed E-state index contributed by atoms with van der Waals surface area (Å²) in [5, 5.41) is 11.5. The van der Waals surface area contributed by atoms with Crippen LogP contribution in [0.25, 0.3) is 10.4 Å². The molecule has 0 aromatic carbocycles. The molecule has 0 saturated carbocycles. The zero-order valence-electron chi connectivity index (χ0n) is 7.18. The van der Waals surface area contributed by atoms with Crippen molar-refractivity contribution in [3.8, 4) is 0 Å². The van der Waals surface area contributed by atoms with Crippen molar-refractivity contribution in [2.24, 2.45) is 11.0 Å². The van der Waals surface area contributed by atoms with E-state index in [0.717, 1.165) is 6.42 Å². The molecule has 7 nitrogen and oxygen atoms in total. The van der Waals surface area contributed by atoms with Crippen LogP contribution in [0.3, 0.4) is 0 Å². The van der Waals surface area contributed by atoms with Crippen molar-refractivity contribution in [2.75, 3.05) is 6.54 Å². The lowest BCUT2D eigenvalue weighted by Gasteiger charge is -2.04. The largest absolute Gasteiger partial charge is 0.480 e. The number of nitrogens with one attached hydrogen (secondary N) is 1. The Labute approximate surface area is 75.5 Å². The summed E-state index contributed by atoms with van der Waals surface area (Å²) in [6.07, 6.45) is 1.87. The summed E-state index contributed by atoms with van der Waals surface area (Å²) in [5.41, 5.74) is 15.6. The van der Waals surface area contributed by atoms with Gasteiger partial charge in [0, 0.05) is 0 Å². The number of unbranched alkanes of at least 4 members (excludes halogenated alkanes) is 1. The molecule has 0 aliphatic carbocycles. The number of nitrogens with zero attached hydrogens (tertiary/aromatic N) is 3. The summed E-state index contributed by atoms with van der Waals surface area (Å²) in [4.78, 5) is 12.8. The Kier molecular flexibility index (Phi) is 6.39. The van der Waals surface area contributed by atoms with Gasteiger partial charge in [-0.15, -0.1) is 5.53 Å². The fourth-order valence-corrected chi connectivity index (χ4v) is 0.773. The Morgan fingerprint density at radius 1 is 1.69 bits per heavy atom. The smallest absolute Gasteiger partial charge is 0.320 e. The lowest BCUT2D eigenvalue weighted by atomic mass is 10.1. The SMILES string of the molecule is [N-]=[N+]=NNCCCCC(N)C(=O)O. The molecule has 0 fully saturated rings. The van der Waals surface area contributed by atoms with Gasteiger partial charge < -0.3 is 10.8 Å². The number of hydrogen-bond donors (Lipinski definition) is 3. The molecule has 74 valence electrons. The van der Waals surface area contributed by atoms with E-state index in [4.69, 9.17) is 16.4 Å². The zero-order chi connectivity index (χ0) is 10.1.